The van der Waals surface area contributed by atoms with E-state index < -0.39 is 6.29 Å². The first-order valence-corrected chi connectivity index (χ1v) is 6.08. The average Bonchev–Trinajstić information content (AvgIpc) is 2.44. The van der Waals surface area contributed by atoms with Crippen molar-refractivity contribution in [2.75, 3.05) is 20.8 Å². The van der Waals surface area contributed by atoms with Crippen LogP contribution in [0.2, 0.25) is 0 Å². The van der Waals surface area contributed by atoms with E-state index in [2.05, 4.69) is 11.5 Å². The smallest absolute Gasteiger partial charge is 0.177 e. The molecule has 1 aromatic carbocycles. The van der Waals surface area contributed by atoms with Crippen LogP contribution in [0.5, 0.6) is 5.75 Å². The van der Waals surface area contributed by atoms with Gasteiger partial charge in [0.15, 0.2) is 6.29 Å². The van der Waals surface area contributed by atoms with Crippen LogP contribution in [-0.4, -0.2) is 27.1 Å². The molecule has 1 aromatic rings. The SMILES string of the molecule is COC(OC)C(NN)c1cccc2c1OCCC2. The summed E-state index contributed by atoms with van der Waals surface area (Å²) < 4.78 is 16.3. The van der Waals surface area contributed by atoms with Gasteiger partial charge in [-0.2, -0.15) is 0 Å². The molecule has 1 heterocycles. The Labute approximate surface area is 107 Å². The largest absolute Gasteiger partial charge is 0.493 e. The third kappa shape index (κ3) is 2.49. The van der Waals surface area contributed by atoms with Gasteiger partial charge in [0, 0.05) is 19.8 Å². The molecule has 0 saturated carbocycles. The van der Waals surface area contributed by atoms with Crippen molar-refractivity contribution in [1.29, 1.82) is 0 Å². The highest BCUT2D eigenvalue weighted by Crippen LogP contribution is 2.34. The minimum Gasteiger partial charge on any atom is -0.493 e. The summed E-state index contributed by atoms with van der Waals surface area (Å²) in [6.45, 7) is 0.742. The molecule has 2 rings (SSSR count). The average molecular weight is 252 g/mol. The van der Waals surface area contributed by atoms with Crippen molar-refractivity contribution in [3.63, 3.8) is 0 Å². The first-order valence-electron chi connectivity index (χ1n) is 6.08. The van der Waals surface area contributed by atoms with E-state index in [1.54, 1.807) is 14.2 Å². The maximum Gasteiger partial charge on any atom is 0.177 e. The van der Waals surface area contributed by atoms with Gasteiger partial charge in [-0.1, -0.05) is 18.2 Å². The summed E-state index contributed by atoms with van der Waals surface area (Å²) in [6.07, 6.45) is 1.63. The van der Waals surface area contributed by atoms with Gasteiger partial charge in [-0.15, -0.1) is 0 Å². The lowest BCUT2D eigenvalue weighted by molar-refractivity contribution is -0.124. The molecule has 1 aliphatic heterocycles. The number of fused-ring (bicyclic) bond motifs is 1. The van der Waals surface area contributed by atoms with Crippen molar-refractivity contribution in [3.05, 3.63) is 29.3 Å². The Balaban J connectivity index is 2.36. The molecular formula is C13H20N2O3. The second-order valence-electron chi connectivity index (χ2n) is 4.27. The molecule has 5 heteroatoms. The van der Waals surface area contributed by atoms with Crippen molar-refractivity contribution in [2.24, 2.45) is 5.84 Å². The topological polar surface area (TPSA) is 65.7 Å². The molecule has 1 unspecified atom stereocenters. The lowest BCUT2D eigenvalue weighted by atomic mass is 9.98. The van der Waals surface area contributed by atoms with E-state index in [1.165, 1.54) is 5.56 Å². The van der Waals surface area contributed by atoms with Crippen LogP contribution >= 0.6 is 0 Å². The predicted molar refractivity (Wildman–Crippen MR) is 68.1 cm³/mol. The lowest BCUT2D eigenvalue weighted by Gasteiger charge is -2.28. The number of aryl methyl sites for hydroxylation is 1. The number of hydrogen-bond acceptors (Lipinski definition) is 5. The molecule has 5 nitrogen and oxygen atoms in total. The molecule has 0 amide bonds. The molecule has 18 heavy (non-hydrogen) atoms. The lowest BCUT2D eigenvalue weighted by Crippen LogP contribution is -2.39. The normalized spacial score (nSPS) is 16.2. The molecule has 0 bridgehead atoms. The summed E-state index contributed by atoms with van der Waals surface area (Å²) in [6, 6.07) is 5.82. The number of hydrogen-bond donors (Lipinski definition) is 2. The van der Waals surface area contributed by atoms with Gasteiger partial charge >= 0.3 is 0 Å². The van der Waals surface area contributed by atoms with Crippen molar-refractivity contribution < 1.29 is 14.2 Å². The molecule has 100 valence electrons. The van der Waals surface area contributed by atoms with Crippen LogP contribution in [0.15, 0.2) is 18.2 Å². The second-order valence-corrected chi connectivity index (χ2v) is 4.27. The Morgan fingerprint density at radius 1 is 1.33 bits per heavy atom. The molecule has 0 radical (unpaired) electrons. The maximum atomic E-state index is 5.77. The fraction of sp³-hybridized carbons (Fsp3) is 0.538. The van der Waals surface area contributed by atoms with Crippen molar-refractivity contribution >= 4 is 0 Å². The number of ether oxygens (including phenoxy) is 3. The number of hydrazine groups is 1. The molecule has 0 saturated heterocycles. The van der Waals surface area contributed by atoms with Gasteiger partial charge in [0.1, 0.15) is 11.8 Å². The molecule has 0 fully saturated rings. The summed E-state index contributed by atoms with van der Waals surface area (Å²) >= 11 is 0. The number of rotatable bonds is 5. The van der Waals surface area contributed by atoms with Crippen LogP contribution in [0.1, 0.15) is 23.6 Å². The van der Waals surface area contributed by atoms with Gasteiger partial charge < -0.3 is 14.2 Å². The number of nitrogens with two attached hydrogens (primary N) is 1. The van der Waals surface area contributed by atoms with E-state index in [4.69, 9.17) is 20.1 Å². The second kappa shape index (κ2) is 6.15. The van der Waals surface area contributed by atoms with E-state index in [9.17, 15) is 0 Å². The maximum absolute atomic E-state index is 5.77. The Morgan fingerprint density at radius 2 is 2.11 bits per heavy atom. The van der Waals surface area contributed by atoms with Crippen LogP contribution in [0.4, 0.5) is 0 Å². The fourth-order valence-corrected chi connectivity index (χ4v) is 2.34. The minimum atomic E-state index is -0.452. The van der Waals surface area contributed by atoms with Crippen molar-refractivity contribution in [3.8, 4) is 5.75 Å². The molecule has 0 aliphatic carbocycles. The van der Waals surface area contributed by atoms with Gasteiger partial charge in [0.05, 0.1) is 6.61 Å². The number of benzene rings is 1. The molecule has 0 spiro atoms. The number of methoxy groups -OCH3 is 2. The third-order valence-corrected chi connectivity index (χ3v) is 3.22. The molecular weight excluding hydrogens is 232 g/mol. The van der Waals surface area contributed by atoms with Crippen LogP contribution in [0.3, 0.4) is 0 Å². The van der Waals surface area contributed by atoms with E-state index in [0.717, 1.165) is 30.8 Å². The van der Waals surface area contributed by atoms with Gasteiger partial charge in [0.2, 0.25) is 0 Å². The third-order valence-electron chi connectivity index (χ3n) is 3.22. The van der Waals surface area contributed by atoms with Gasteiger partial charge in [-0.05, 0) is 18.4 Å². The van der Waals surface area contributed by atoms with Crippen molar-refractivity contribution in [1.82, 2.24) is 5.43 Å². The Kier molecular flexibility index (Phi) is 4.54. The van der Waals surface area contributed by atoms with Gasteiger partial charge in [0.25, 0.3) is 0 Å². The van der Waals surface area contributed by atoms with Gasteiger partial charge in [-0.25, -0.2) is 5.43 Å². The first-order chi connectivity index (χ1) is 8.81. The number of nitrogens with one attached hydrogen (secondary N) is 1. The van der Waals surface area contributed by atoms with E-state index >= 15 is 0 Å². The summed E-state index contributed by atoms with van der Waals surface area (Å²) in [5, 5.41) is 0. The van der Waals surface area contributed by atoms with E-state index in [-0.39, 0.29) is 6.04 Å². The summed E-state index contributed by atoms with van der Waals surface area (Å²) in [4.78, 5) is 0. The highest BCUT2D eigenvalue weighted by atomic mass is 16.7. The zero-order valence-corrected chi connectivity index (χ0v) is 10.8. The quantitative estimate of drug-likeness (QED) is 0.467. The van der Waals surface area contributed by atoms with E-state index in [0.29, 0.717) is 0 Å². The monoisotopic (exact) mass is 252 g/mol. The highest BCUT2D eigenvalue weighted by molar-refractivity contribution is 5.44. The van der Waals surface area contributed by atoms with Crippen LogP contribution in [0.25, 0.3) is 0 Å². The summed E-state index contributed by atoms with van der Waals surface area (Å²) in [5.74, 6) is 6.53. The molecule has 0 aromatic heterocycles. The summed E-state index contributed by atoms with van der Waals surface area (Å²) in [7, 11) is 3.18. The summed E-state index contributed by atoms with van der Waals surface area (Å²) in [5.41, 5.74) is 4.93. The highest BCUT2D eigenvalue weighted by Gasteiger charge is 2.27. The Hall–Kier alpha value is -1.14. The number of para-hydroxylation sites is 1. The van der Waals surface area contributed by atoms with Crippen LogP contribution < -0.4 is 16.0 Å². The zero-order chi connectivity index (χ0) is 13.0. The van der Waals surface area contributed by atoms with Gasteiger partial charge in [-0.3, -0.25) is 5.84 Å². The van der Waals surface area contributed by atoms with E-state index in [1.807, 2.05) is 12.1 Å². The first kappa shape index (κ1) is 13.3. The minimum absolute atomic E-state index is 0.256. The van der Waals surface area contributed by atoms with Crippen LogP contribution in [0, 0.1) is 0 Å². The fourth-order valence-electron chi connectivity index (χ4n) is 2.34. The molecule has 3 N–H and O–H groups in total. The standard InChI is InChI=1S/C13H20N2O3/c1-16-13(17-2)11(15-14)10-7-3-5-9-6-4-8-18-12(9)10/h3,5,7,11,13,15H,4,6,8,14H2,1-2H3. The Morgan fingerprint density at radius 3 is 2.78 bits per heavy atom. The molecule has 1 atom stereocenters. The molecule has 1 aliphatic rings. The van der Waals surface area contributed by atoms with Crippen LogP contribution in [-0.2, 0) is 15.9 Å². The predicted octanol–water partition coefficient (Wildman–Crippen LogP) is 1.13. The Bertz CT molecular complexity index is 394. The van der Waals surface area contributed by atoms with Crippen molar-refractivity contribution in [2.45, 2.75) is 25.2 Å². The zero-order valence-electron chi connectivity index (χ0n) is 10.8.